The van der Waals surface area contributed by atoms with Crippen LogP contribution in [0.4, 0.5) is 0 Å². The smallest absolute Gasteiger partial charge is 0.00484 e. The van der Waals surface area contributed by atoms with E-state index in [0.717, 1.165) is 0 Å². The third-order valence-corrected chi connectivity index (χ3v) is 1.96. The summed E-state index contributed by atoms with van der Waals surface area (Å²) in [7, 11) is 0. The molecule has 1 aliphatic carbocycles. The summed E-state index contributed by atoms with van der Waals surface area (Å²) >= 11 is 0. The first-order valence-electron chi connectivity index (χ1n) is 4.21. The van der Waals surface area contributed by atoms with Gasteiger partial charge in [-0.05, 0) is 25.9 Å². The average molecular weight is 144 g/mol. The molecule has 0 aromatic rings. The monoisotopic (exact) mass is 144 g/mol. The van der Waals surface area contributed by atoms with E-state index in [2.05, 4.69) is 5.32 Å². The molecule has 2 nitrogen and oxygen atoms in total. The lowest BCUT2D eigenvalue weighted by Gasteiger charge is -2.05. The summed E-state index contributed by atoms with van der Waals surface area (Å²) in [6.07, 6.45) is 8.78. The molecule has 0 aromatic heterocycles. The zero-order chi connectivity index (χ0) is 6.36. The van der Waals surface area contributed by atoms with Gasteiger partial charge in [0.15, 0.2) is 0 Å². The summed E-state index contributed by atoms with van der Waals surface area (Å²) in [5.74, 6) is 0. The zero-order valence-corrected chi connectivity index (χ0v) is 6.86. The average Bonchev–Trinajstić information content (AvgIpc) is 2.07. The van der Waals surface area contributed by atoms with Crippen molar-refractivity contribution < 1.29 is 0 Å². The van der Waals surface area contributed by atoms with E-state index in [1.807, 2.05) is 0 Å². The second kappa shape index (κ2) is 7.03. The molecule has 2 aliphatic rings. The highest BCUT2D eigenvalue weighted by molar-refractivity contribution is 4.55. The molecule has 2 fully saturated rings. The van der Waals surface area contributed by atoms with Crippen molar-refractivity contribution in [2.24, 2.45) is 0 Å². The number of rotatable bonds is 0. The SMILES string of the molecule is C1CCC1.C1CCNC1.N. The first-order chi connectivity index (χ1) is 4.50. The normalized spacial score (nSPS) is 21.6. The molecule has 2 rings (SSSR count). The van der Waals surface area contributed by atoms with Crippen molar-refractivity contribution in [3.8, 4) is 0 Å². The molecule has 1 saturated heterocycles. The lowest BCUT2D eigenvalue weighted by atomic mass is 10.0. The van der Waals surface area contributed by atoms with Crippen LogP contribution in [0.2, 0.25) is 0 Å². The summed E-state index contributed by atoms with van der Waals surface area (Å²) in [4.78, 5) is 0. The Labute approximate surface area is 64.0 Å². The Balaban J connectivity index is 0.000000150. The van der Waals surface area contributed by atoms with Gasteiger partial charge in [0.2, 0.25) is 0 Å². The minimum absolute atomic E-state index is 0. The molecule has 0 spiro atoms. The van der Waals surface area contributed by atoms with Crippen LogP contribution >= 0.6 is 0 Å². The third kappa shape index (κ3) is 4.77. The Morgan fingerprint density at radius 3 is 1.10 bits per heavy atom. The molecule has 62 valence electrons. The minimum Gasteiger partial charge on any atom is -0.344 e. The second-order valence-corrected chi connectivity index (χ2v) is 2.87. The van der Waals surface area contributed by atoms with Crippen molar-refractivity contribution in [1.82, 2.24) is 11.5 Å². The van der Waals surface area contributed by atoms with Crippen molar-refractivity contribution in [2.75, 3.05) is 13.1 Å². The topological polar surface area (TPSA) is 47.0 Å². The summed E-state index contributed by atoms with van der Waals surface area (Å²) in [6, 6.07) is 0. The maximum Gasteiger partial charge on any atom is -0.00484 e. The van der Waals surface area contributed by atoms with Gasteiger partial charge in [-0.1, -0.05) is 25.7 Å². The molecule has 1 saturated carbocycles. The molecule has 0 aromatic carbocycles. The molecule has 0 radical (unpaired) electrons. The van der Waals surface area contributed by atoms with E-state index < -0.39 is 0 Å². The summed E-state index contributed by atoms with van der Waals surface area (Å²) < 4.78 is 0. The van der Waals surface area contributed by atoms with Gasteiger partial charge in [0.05, 0.1) is 0 Å². The van der Waals surface area contributed by atoms with E-state index in [4.69, 9.17) is 0 Å². The van der Waals surface area contributed by atoms with Crippen LogP contribution in [0.25, 0.3) is 0 Å². The van der Waals surface area contributed by atoms with Gasteiger partial charge in [-0.25, -0.2) is 0 Å². The predicted octanol–water partition coefficient (Wildman–Crippen LogP) is 2.09. The second-order valence-electron chi connectivity index (χ2n) is 2.87. The first-order valence-corrected chi connectivity index (χ1v) is 4.21. The van der Waals surface area contributed by atoms with Crippen LogP contribution in [0.15, 0.2) is 0 Å². The summed E-state index contributed by atoms with van der Waals surface area (Å²) in [6.45, 7) is 2.50. The van der Waals surface area contributed by atoms with Gasteiger partial charge in [0, 0.05) is 0 Å². The van der Waals surface area contributed by atoms with E-state index in [1.165, 1.54) is 51.6 Å². The quantitative estimate of drug-likeness (QED) is 0.547. The fourth-order valence-electron chi connectivity index (χ4n) is 0.875. The molecule has 0 amide bonds. The van der Waals surface area contributed by atoms with Gasteiger partial charge in [-0.2, -0.15) is 0 Å². The highest BCUT2D eigenvalue weighted by atomic mass is 14.9. The van der Waals surface area contributed by atoms with Gasteiger partial charge in [0.1, 0.15) is 0 Å². The van der Waals surface area contributed by atoms with Gasteiger partial charge in [-0.3, -0.25) is 0 Å². The Morgan fingerprint density at radius 2 is 1.00 bits per heavy atom. The van der Waals surface area contributed by atoms with Crippen LogP contribution in [0.5, 0.6) is 0 Å². The largest absolute Gasteiger partial charge is 0.344 e. The molecule has 1 aliphatic heterocycles. The molecular formula is C8H20N2. The van der Waals surface area contributed by atoms with Crippen LogP contribution < -0.4 is 11.5 Å². The number of nitrogens with one attached hydrogen (secondary N) is 1. The molecule has 2 heteroatoms. The highest BCUT2D eigenvalue weighted by Gasteiger charge is 1.95. The number of hydrogen-bond donors (Lipinski definition) is 2. The van der Waals surface area contributed by atoms with Crippen molar-refractivity contribution in [3.05, 3.63) is 0 Å². The van der Waals surface area contributed by atoms with Crippen LogP contribution in [-0.2, 0) is 0 Å². The first kappa shape index (κ1) is 9.92. The predicted molar refractivity (Wildman–Crippen MR) is 45.6 cm³/mol. The van der Waals surface area contributed by atoms with E-state index in [-0.39, 0.29) is 6.15 Å². The standard InChI is InChI=1S/C4H9N.C4H8.H3N/c1-2-4-5-3-1;1-2-4-3-1;/h5H,1-4H2;1-4H2;1H3. The lowest BCUT2D eigenvalue weighted by molar-refractivity contribution is 0.504. The Kier molecular flexibility index (Phi) is 6.98. The zero-order valence-electron chi connectivity index (χ0n) is 6.86. The Bertz CT molecular complexity index is 44.7. The Morgan fingerprint density at radius 1 is 0.600 bits per heavy atom. The third-order valence-electron chi connectivity index (χ3n) is 1.96. The van der Waals surface area contributed by atoms with E-state index in [0.29, 0.717) is 0 Å². The number of hydrogen-bond acceptors (Lipinski definition) is 2. The van der Waals surface area contributed by atoms with Crippen LogP contribution in [0.1, 0.15) is 38.5 Å². The fraction of sp³-hybridized carbons (Fsp3) is 1.00. The molecule has 10 heavy (non-hydrogen) atoms. The lowest BCUT2D eigenvalue weighted by Crippen LogP contribution is -2.03. The van der Waals surface area contributed by atoms with Gasteiger partial charge < -0.3 is 11.5 Å². The minimum atomic E-state index is 0. The van der Waals surface area contributed by atoms with Crippen molar-refractivity contribution in [1.29, 1.82) is 0 Å². The summed E-state index contributed by atoms with van der Waals surface area (Å²) in [5.41, 5.74) is 0. The maximum absolute atomic E-state index is 3.22. The summed E-state index contributed by atoms with van der Waals surface area (Å²) in [5, 5.41) is 3.22. The maximum atomic E-state index is 3.22. The van der Waals surface area contributed by atoms with Crippen molar-refractivity contribution >= 4 is 0 Å². The fourth-order valence-corrected chi connectivity index (χ4v) is 0.875. The molecule has 1 heterocycles. The molecule has 0 unspecified atom stereocenters. The van der Waals surface area contributed by atoms with Gasteiger partial charge in [0.25, 0.3) is 0 Å². The van der Waals surface area contributed by atoms with Crippen LogP contribution in [0, 0.1) is 0 Å². The van der Waals surface area contributed by atoms with E-state index in [1.54, 1.807) is 0 Å². The van der Waals surface area contributed by atoms with Crippen molar-refractivity contribution in [2.45, 2.75) is 38.5 Å². The Hall–Kier alpha value is -0.0800. The van der Waals surface area contributed by atoms with E-state index in [9.17, 15) is 0 Å². The highest BCUT2D eigenvalue weighted by Crippen LogP contribution is 2.15. The molecular weight excluding hydrogens is 124 g/mol. The molecule has 4 N–H and O–H groups in total. The molecule has 0 bridgehead atoms. The van der Waals surface area contributed by atoms with Gasteiger partial charge in [-0.15, -0.1) is 0 Å². The van der Waals surface area contributed by atoms with Crippen molar-refractivity contribution in [3.63, 3.8) is 0 Å². The molecule has 0 atom stereocenters. The van der Waals surface area contributed by atoms with Crippen LogP contribution in [-0.4, -0.2) is 13.1 Å². The van der Waals surface area contributed by atoms with E-state index >= 15 is 0 Å². The van der Waals surface area contributed by atoms with Crippen LogP contribution in [0.3, 0.4) is 0 Å². The van der Waals surface area contributed by atoms with Gasteiger partial charge >= 0.3 is 0 Å².